The molecule has 1 aliphatic heterocycles. The molecule has 2 aromatic rings. The summed E-state index contributed by atoms with van der Waals surface area (Å²) >= 11 is 0. The van der Waals surface area contributed by atoms with Gasteiger partial charge in [0.25, 0.3) is 0 Å². The van der Waals surface area contributed by atoms with E-state index in [-0.39, 0.29) is 10.8 Å². The number of para-hydroxylation sites is 1. The van der Waals surface area contributed by atoms with Crippen LogP contribution in [0.2, 0.25) is 0 Å². The van der Waals surface area contributed by atoms with Gasteiger partial charge in [0.2, 0.25) is 10.0 Å². The molecule has 1 fully saturated rings. The summed E-state index contributed by atoms with van der Waals surface area (Å²) in [4.78, 5) is 0.266. The van der Waals surface area contributed by atoms with E-state index in [9.17, 15) is 8.42 Å². The van der Waals surface area contributed by atoms with E-state index in [1.165, 1.54) is 6.20 Å². The Bertz CT molecular complexity index is 743. The topological polar surface area (TPSA) is 75.3 Å². The Morgan fingerprint density at radius 1 is 1.35 bits per heavy atom. The molecule has 1 N–H and O–H groups in total. The molecule has 1 atom stereocenters. The molecule has 0 spiro atoms. The third kappa shape index (κ3) is 3.56. The van der Waals surface area contributed by atoms with E-state index in [1.807, 2.05) is 30.3 Å². The number of aromatic nitrogens is 2. The van der Waals surface area contributed by atoms with E-state index in [0.717, 1.165) is 18.6 Å². The molecule has 1 aliphatic rings. The van der Waals surface area contributed by atoms with Gasteiger partial charge in [-0.3, -0.25) is 5.10 Å². The number of hydrogen-bond donors (Lipinski definition) is 1. The second kappa shape index (κ2) is 6.72. The molecular weight excluding hydrogens is 314 g/mol. The lowest BCUT2D eigenvalue weighted by molar-refractivity contribution is 0.180. The average Bonchev–Trinajstić information content (AvgIpc) is 3.01. The lowest BCUT2D eigenvalue weighted by atomic mass is 10.0. The zero-order chi connectivity index (χ0) is 16.3. The molecule has 2 heterocycles. The van der Waals surface area contributed by atoms with Crippen LogP contribution in [0.25, 0.3) is 0 Å². The van der Waals surface area contributed by atoms with E-state index >= 15 is 0 Å². The van der Waals surface area contributed by atoms with Gasteiger partial charge in [-0.2, -0.15) is 9.40 Å². The first-order chi connectivity index (χ1) is 11.1. The van der Waals surface area contributed by atoms with E-state index in [2.05, 4.69) is 10.2 Å². The van der Waals surface area contributed by atoms with Gasteiger partial charge in [0.1, 0.15) is 10.6 Å². The highest BCUT2D eigenvalue weighted by atomic mass is 32.2. The van der Waals surface area contributed by atoms with Crippen molar-refractivity contribution in [1.82, 2.24) is 14.5 Å². The van der Waals surface area contributed by atoms with Crippen molar-refractivity contribution < 1.29 is 13.2 Å². The van der Waals surface area contributed by atoms with Crippen molar-refractivity contribution in [3.63, 3.8) is 0 Å². The standard InChI is InChI=1S/C16H21N3O3S/c1-13-16(10-17-18-13)23(20,21)19-9-5-6-14(11-19)12-22-15-7-3-2-4-8-15/h2-4,7-8,10,14H,5-6,9,11-12H2,1H3,(H,17,18)/t14-/m1/s1. The van der Waals surface area contributed by atoms with E-state index in [0.29, 0.717) is 25.4 Å². The summed E-state index contributed by atoms with van der Waals surface area (Å²) in [6, 6.07) is 9.61. The molecule has 1 aromatic carbocycles. The number of nitrogens with zero attached hydrogens (tertiary/aromatic N) is 2. The Kier molecular flexibility index (Phi) is 4.68. The minimum absolute atomic E-state index is 0.200. The van der Waals surface area contributed by atoms with Crippen molar-refractivity contribution in [2.45, 2.75) is 24.7 Å². The summed E-state index contributed by atoms with van der Waals surface area (Å²) in [7, 11) is -3.48. The van der Waals surface area contributed by atoms with Gasteiger partial charge in [-0.15, -0.1) is 0 Å². The number of aromatic amines is 1. The van der Waals surface area contributed by atoms with Gasteiger partial charge in [0.05, 0.1) is 18.5 Å². The smallest absolute Gasteiger partial charge is 0.246 e. The Labute approximate surface area is 136 Å². The zero-order valence-corrected chi connectivity index (χ0v) is 13.9. The fourth-order valence-corrected chi connectivity index (χ4v) is 4.52. The van der Waals surface area contributed by atoms with Crippen LogP contribution in [0.4, 0.5) is 0 Å². The van der Waals surface area contributed by atoms with Gasteiger partial charge in [-0.25, -0.2) is 8.42 Å². The molecule has 0 bridgehead atoms. The molecule has 0 unspecified atom stereocenters. The van der Waals surface area contributed by atoms with E-state index < -0.39 is 10.0 Å². The largest absolute Gasteiger partial charge is 0.493 e. The molecule has 0 radical (unpaired) electrons. The molecule has 23 heavy (non-hydrogen) atoms. The fourth-order valence-electron chi connectivity index (χ4n) is 2.85. The maximum Gasteiger partial charge on any atom is 0.246 e. The van der Waals surface area contributed by atoms with Crippen molar-refractivity contribution in [3.05, 3.63) is 42.2 Å². The highest BCUT2D eigenvalue weighted by Crippen LogP contribution is 2.25. The molecule has 0 aliphatic carbocycles. The molecule has 0 amide bonds. The summed E-state index contributed by atoms with van der Waals surface area (Å²) in [5.74, 6) is 1.02. The van der Waals surface area contributed by atoms with Gasteiger partial charge in [-0.1, -0.05) is 18.2 Å². The van der Waals surface area contributed by atoms with Crippen LogP contribution < -0.4 is 4.74 Å². The molecule has 0 saturated carbocycles. The summed E-state index contributed by atoms with van der Waals surface area (Å²) in [6.07, 6.45) is 3.21. The van der Waals surface area contributed by atoms with Crippen molar-refractivity contribution in [2.24, 2.45) is 5.92 Å². The van der Waals surface area contributed by atoms with Gasteiger partial charge in [-0.05, 0) is 31.9 Å². The molecule has 124 valence electrons. The van der Waals surface area contributed by atoms with E-state index in [1.54, 1.807) is 11.2 Å². The van der Waals surface area contributed by atoms with Crippen LogP contribution in [0.5, 0.6) is 5.75 Å². The van der Waals surface area contributed by atoms with Crippen molar-refractivity contribution in [1.29, 1.82) is 0 Å². The van der Waals surface area contributed by atoms with Crippen LogP contribution in [0.3, 0.4) is 0 Å². The normalized spacial score (nSPS) is 19.6. The maximum atomic E-state index is 12.7. The SMILES string of the molecule is Cc1[nH]ncc1S(=O)(=O)N1CCC[C@@H](COc2ccccc2)C1. The van der Waals surface area contributed by atoms with Crippen LogP contribution >= 0.6 is 0 Å². The lowest BCUT2D eigenvalue weighted by Crippen LogP contribution is -2.41. The number of piperidine rings is 1. The fraction of sp³-hybridized carbons (Fsp3) is 0.438. The van der Waals surface area contributed by atoms with Gasteiger partial charge >= 0.3 is 0 Å². The average molecular weight is 335 g/mol. The van der Waals surface area contributed by atoms with Crippen molar-refractivity contribution in [2.75, 3.05) is 19.7 Å². The first-order valence-corrected chi connectivity index (χ1v) is 9.19. The first-order valence-electron chi connectivity index (χ1n) is 7.75. The van der Waals surface area contributed by atoms with Crippen LogP contribution in [0.15, 0.2) is 41.4 Å². The Hall–Kier alpha value is -1.86. The molecule has 3 rings (SSSR count). The number of sulfonamides is 1. The quantitative estimate of drug-likeness (QED) is 0.909. The van der Waals surface area contributed by atoms with Crippen molar-refractivity contribution >= 4 is 10.0 Å². The number of rotatable bonds is 5. The minimum Gasteiger partial charge on any atom is -0.493 e. The molecule has 6 nitrogen and oxygen atoms in total. The molecular formula is C16H21N3O3S. The van der Waals surface area contributed by atoms with Crippen LogP contribution in [-0.2, 0) is 10.0 Å². The number of H-pyrrole nitrogens is 1. The van der Waals surface area contributed by atoms with Gasteiger partial charge in [0, 0.05) is 19.0 Å². The second-order valence-corrected chi connectivity index (χ2v) is 7.76. The monoisotopic (exact) mass is 335 g/mol. The molecule has 1 saturated heterocycles. The Morgan fingerprint density at radius 3 is 2.83 bits per heavy atom. The Balaban J connectivity index is 1.65. The summed E-state index contributed by atoms with van der Waals surface area (Å²) < 4.78 is 32.8. The Morgan fingerprint density at radius 2 is 2.13 bits per heavy atom. The number of aryl methyl sites for hydroxylation is 1. The number of benzene rings is 1. The highest BCUT2D eigenvalue weighted by Gasteiger charge is 2.32. The molecule has 1 aromatic heterocycles. The van der Waals surface area contributed by atoms with Gasteiger partial charge < -0.3 is 4.74 Å². The molecule has 7 heteroatoms. The number of nitrogens with one attached hydrogen (secondary N) is 1. The van der Waals surface area contributed by atoms with Crippen LogP contribution in [0, 0.1) is 12.8 Å². The summed E-state index contributed by atoms with van der Waals surface area (Å²) in [5, 5.41) is 6.51. The van der Waals surface area contributed by atoms with Crippen LogP contribution in [-0.4, -0.2) is 42.6 Å². The second-order valence-electron chi connectivity index (χ2n) is 5.85. The predicted octanol–water partition coefficient (Wildman–Crippen LogP) is 2.20. The lowest BCUT2D eigenvalue weighted by Gasteiger charge is -2.31. The maximum absolute atomic E-state index is 12.7. The summed E-state index contributed by atoms with van der Waals surface area (Å²) in [5.41, 5.74) is 0.577. The first kappa shape index (κ1) is 16.0. The minimum atomic E-state index is -3.48. The third-order valence-corrected chi connectivity index (χ3v) is 6.09. The number of ether oxygens (including phenoxy) is 1. The predicted molar refractivity (Wildman–Crippen MR) is 86.7 cm³/mol. The summed E-state index contributed by atoms with van der Waals surface area (Å²) in [6.45, 7) is 3.29. The zero-order valence-electron chi connectivity index (χ0n) is 13.1. The third-order valence-electron chi connectivity index (χ3n) is 4.11. The van der Waals surface area contributed by atoms with Crippen LogP contribution in [0.1, 0.15) is 18.5 Å². The number of hydrogen-bond acceptors (Lipinski definition) is 4. The van der Waals surface area contributed by atoms with E-state index in [4.69, 9.17) is 4.74 Å². The van der Waals surface area contributed by atoms with Crippen molar-refractivity contribution in [3.8, 4) is 5.75 Å². The highest BCUT2D eigenvalue weighted by molar-refractivity contribution is 7.89. The van der Waals surface area contributed by atoms with Gasteiger partial charge in [0.15, 0.2) is 0 Å².